The fraction of sp³-hybridized carbons (Fsp3) is 0.625. The Morgan fingerprint density at radius 2 is 1.80 bits per heavy atom. The van der Waals surface area contributed by atoms with Crippen molar-refractivity contribution in [2.75, 3.05) is 33.7 Å². The maximum Gasteiger partial charge on any atom is 0.132 e. The zero-order valence-electron chi connectivity index (χ0n) is 13.2. The van der Waals surface area contributed by atoms with Gasteiger partial charge in [-0.05, 0) is 20.0 Å². The summed E-state index contributed by atoms with van der Waals surface area (Å²) in [5, 5.41) is 0. The molecule has 2 N–H and O–H groups in total. The van der Waals surface area contributed by atoms with Crippen LogP contribution in [0.25, 0.3) is 0 Å². The van der Waals surface area contributed by atoms with Crippen LogP contribution in [0.4, 0.5) is 4.39 Å². The SMILES string of the molecule is CC(C)CN(CCN(C)C)Cc1cccc(CN)c1F. The molecule has 0 aliphatic rings. The van der Waals surface area contributed by atoms with E-state index in [0.717, 1.165) is 25.2 Å². The minimum Gasteiger partial charge on any atom is -0.326 e. The van der Waals surface area contributed by atoms with E-state index in [-0.39, 0.29) is 12.4 Å². The van der Waals surface area contributed by atoms with E-state index in [4.69, 9.17) is 5.73 Å². The van der Waals surface area contributed by atoms with Gasteiger partial charge in [0.25, 0.3) is 0 Å². The topological polar surface area (TPSA) is 32.5 Å². The average Bonchev–Trinajstić information content (AvgIpc) is 2.37. The number of hydrogen-bond donors (Lipinski definition) is 1. The van der Waals surface area contributed by atoms with Crippen molar-refractivity contribution in [1.29, 1.82) is 0 Å². The molecule has 20 heavy (non-hydrogen) atoms. The minimum absolute atomic E-state index is 0.145. The Balaban J connectivity index is 2.77. The Morgan fingerprint density at radius 1 is 1.15 bits per heavy atom. The maximum atomic E-state index is 14.3. The molecule has 1 aromatic rings. The van der Waals surface area contributed by atoms with Crippen molar-refractivity contribution in [2.45, 2.75) is 26.9 Å². The molecule has 3 nitrogen and oxygen atoms in total. The third kappa shape index (κ3) is 5.57. The zero-order valence-corrected chi connectivity index (χ0v) is 13.2. The van der Waals surface area contributed by atoms with E-state index in [1.54, 1.807) is 6.07 Å². The van der Waals surface area contributed by atoms with Gasteiger partial charge in [-0.2, -0.15) is 0 Å². The number of halogens is 1. The van der Waals surface area contributed by atoms with Crippen molar-refractivity contribution in [2.24, 2.45) is 11.7 Å². The molecular formula is C16H28FN3. The highest BCUT2D eigenvalue weighted by Crippen LogP contribution is 2.15. The zero-order chi connectivity index (χ0) is 15.1. The van der Waals surface area contributed by atoms with Crippen LogP contribution >= 0.6 is 0 Å². The highest BCUT2D eigenvalue weighted by Gasteiger charge is 2.13. The van der Waals surface area contributed by atoms with Gasteiger partial charge in [-0.1, -0.05) is 32.0 Å². The lowest BCUT2D eigenvalue weighted by molar-refractivity contribution is 0.209. The van der Waals surface area contributed by atoms with E-state index in [9.17, 15) is 4.39 Å². The summed E-state index contributed by atoms with van der Waals surface area (Å²) in [6, 6.07) is 5.50. The van der Waals surface area contributed by atoms with Crippen LogP contribution in [0.5, 0.6) is 0 Å². The second kappa shape index (κ2) is 8.35. The molecule has 0 unspecified atom stereocenters. The first kappa shape index (κ1) is 17.1. The second-order valence-electron chi connectivity index (χ2n) is 6.03. The lowest BCUT2D eigenvalue weighted by Crippen LogP contribution is -2.34. The van der Waals surface area contributed by atoms with Crippen LogP contribution in [0.2, 0.25) is 0 Å². The molecule has 4 heteroatoms. The van der Waals surface area contributed by atoms with E-state index in [2.05, 4.69) is 37.7 Å². The molecule has 0 aliphatic carbocycles. The molecule has 114 valence electrons. The van der Waals surface area contributed by atoms with Gasteiger partial charge in [-0.3, -0.25) is 4.90 Å². The van der Waals surface area contributed by atoms with Gasteiger partial charge in [-0.15, -0.1) is 0 Å². The largest absolute Gasteiger partial charge is 0.326 e. The predicted molar refractivity (Wildman–Crippen MR) is 83.0 cm³/mol. The van der Waals surface area contributed by atoms with Crippen LogP contribution < -0.4 is 5.73 Å². The quantitative estimate of drug-likeness (QED) is 0.793. The smallest absolute Gasteiger partial charge is 0.132 e. The van der Waals surface area contributed by atoms with Crippen molar-refractivity contribution in [1.82, 2.24) is 9.80 Å². The fourth-order valence-electron chi connectivity index (χ4n) is 2.25. The highest BCUT2D eigenvalue weighted by atomic mass is 19.1. The second-order valence-corrected chi connectivity index (χ2v) is 6.03. The summed E-state index contributed by atoms with van der Waals surface area (Å²) >= 11 is 0. The number of nitrogens with zero attached hydrogens (tertiary/aromatic N) is 2. The number of likely N-dealkylation sites (N-methyl/N-ethyl adjacent to an activating group) is 1. The Hall–Kier alpha value is -0.970. The van der Waals surface area contributed by atoms with Gasteiger partial charge in [0.2, 0.25) is 0 Å². The van der Waals surface area contributed by atoms with Crippen molar-refractivity contribution in [3.8, 4) is 0 Å². The Labute approximate surface area is 122 Å². The Kier molecular flexibility index (Phi) is 7.13. The van der Waals surface area contributed by atoms with Gasteiger partial charge in [0.05, 0.1) is 0 Å². The first-order valence-electron chi connectivity index (χ1n) is 7.27. The normalized spacial score (nSPS) is 11.8. The summed E-state index contributed by atoms with van der Waals surface area (Å²) in [5.74, 6) is 0.423. The number of nitrogens with two attached hydrogens (primary N) is 1. The van der Waals surface area contributed by atoms with Crippen LogP contribution in [-0.2, 0) is 13.1 Å². The molecule has 0 amide bonds. The van der Waals surface area contributed by atoms with E-state index in [1.165, 1.54) is 0 Å². The van der Waals surface area contributed by atoms with Crippen molar-refractivity contribution in [3.63, 3.8) is 0 Å². The fourth-order valence-corrected chi connectivity index (χ4v) is 2.25. The summed E-state index contributed by atoms with van der Waals surface area (Å²) < 4.78 is 14.3. The summed E-state index contributed by atoms with van der Waals surface area (Å²) in [6.45, 7) is 8.17. The first-order chi connectivity index (χ1) is 9.43. The van der Waals surface area contributed by atoms with Crippen LogP contribution in [-0.4, -0.2) is 43.5 Å². The standard InChI is InChI=1S/C16H28FN3/c1-13(2)11-20(9-8-19(3)4)12-15-7-5-6-14(10-18)16(15)17/h5-7,13H,8-12,18H2,1-4H3. The molecule has 1 rings (SSSR count). The molecule has 0 bridgehead atoms. The Morgan fingerprint density at radius 3 is 2.35 bits per heavy atom. The van der Waals surface area contributed by atoms with Gasteiger partial charge in [0.15, 0.2) is 0 Å². The molecule has 0 atom stereocenters. The molecule has 0 radical (unpaired) electrons. The van der Waals surface area contributed by atoms with Crippen molar-refractivity contribution in [3.05, 3.63) is 35.1 Å². The van der Waals surface area contributed by atoms with Crippen LogP contribution in [0, 0.1) is 11.7 Å². The molecule has 0 aliphatic heterocycles. The van der Waals surface area contributed by atoms with Gasteiger partial charge in [0, 0.05) is 43.9 Å². The molecule has 0 saturated heterocycles. The molecule has 1 aromatic carbocycles. The average molecular weight is 281 g/mol. The highest BCUT2D eigenvalue weighted by molar-refractivity contribution is 5.25. The Bertz CT molecular complexity index is 405. The van der Waals surface area contributed by atoms with Gasteiger partial charge < -0.3 is 10.6 Å². The molecular weight excluding hydrogens is 253 g/mol. The van der Waals surface area contributed by atoms with Gasteiger partial charge in [-0.25, -0.2) is 4.39 Å². The third-order valence-corrected chi connectivity index (χ3v) is 3.26. The van der Waals surface area contributed by atoms with E-state index < -0.39 is 0 Å². The monoisotopic (exact) mass is 281 g/mol. The maximum absolute atomic E-state index is 14.3. The van der Waals surface area contributed by atoms with E-state index in [0.29, 0.717) is 18.0 Å². The molecule has 0 heterocycles. The molecule has 0 spiro atoms. The number of benzene rings is 1. The summed E-state index contributed by atoms with van der Waals surface area (Å²) in [7, 11) is 4.12. The van der Waals surface area contributed by atoms with Crippen LogP contribution in [0.3, 0.4) is 0 Å². The van der Waals surface area contributed by atoms with Crippen LogP contribution in [0.1, 0.15) is 25.0 Å². The third-order valence-electron chi connectivity index (χ3n) is 3.26. The summed E-state index contributed by atoms with van der Waals surface area (Å²) in [5.41, 5.74) is 6.91. The molecule has 0 fully saturated rings. The molecule has 0 aromatic heterocycles. The minimum atomic E-state index is -0.145. The first-order valence-corrected chi connectivity index (χ1v) is 7.27. The lowest BCUT2D eigenvalue weighted by atomic mass is 10.1. The van der Waals surface area contributed by atoms with E-state index >= 15 is 0 Å². The van der Waals surface area contributed by atoms with Gasteiger partial charge >= 0.3 is 0 Å². The predicted octanol–water partition coefficient (Wildman–Crippen LogP) is 2.30. The number of rotatable bonds is 8. The van der Waals surface area contributed by atoms with Crippen molar-refractivity contribution < 1.29 is 4.39 Å². The van der Waals surface area contributed by atoms with E-state index in [1.807, 2.05) is 12.1 Å². The van der Waals surface area contributed by atoms with Crippen molar-refractivity contribution >= 4 is 0 Å². The lowest BCUT2D eigenvalue weighted by Gasteiger charge is -2.26. The number of hydrogen-bond acceptors (Lipinski definition) is 3. The summed E-state index contributed by atoms with van der Waals surface area (Å²) in [6.07, 6.45) is 0. The summed E-state index contributed by atoms with van der Waals surface area (Å²) in [4.78, 5) is 4.46. The molecule has 0 saturated carbocycles. The van der Waals surface area contributed by atoms with Gasteiger partial charge in [0.1, 0.15) is 5.82 Å². The van der Waals surface area contributed by atoms with Crippen LogP contribution in [0.15, 0.2) is 18.2 Å².